The maximum absolute atomic E-state index is 13.5. The fraction of sp³-hybridized carbons (Fsp3) is 1.00. The van der Waals surface area contributed by atoms with Crippen LogP contribution in [0.2, 0.25) is 0 Å². The Kier molecular flexibility index (Phi) is 2.77. The molecule has 0 N–H and O–H groups in total. The Bertz CT molecular complexity index is 338. The lowest BCUT2D eigenvalue weighted by molar-refractivity contribution is 0.0326. The number of rotatable bonds is 3. The van der Waals surface area contributed by atoms with Gasteiger partial charge in [0.05, 0.1) is 12.0 Å². The first kappa shape index (κ1) is 12.5. The van der Waals surface area contributed by atoms with Crippen molar-refractivity contribution in [3.05, 3.63) is 0 Å². The molecule has 3 fully saturated rings. The molecule has 0 aromatic heterocycles. The van der Waals surface area contributed by atoms with Crippen molar-refractivity contribution in [2.75, 3.05) is 19.7 Å². The first-order chi connectivity index (χ1) is 7.89. The zero-order valence-electron chi connectivity index (χ0n) is 10.0. The molecule has 0 aromatic carbocycles. The molecule has 0 amide bonds. The van der Waals surface area contributed by atoms with Crippen LogP contribution in [0.4, 0.5) is 8.78 Å². The highest BCUT2D eigenvalue weighted by atomic mass is 127. The zero-order chi connectivity index (χ0) is 12.3. The van der Waals surface area contributed by atoms with Gasteiger partial charge in [-0.15, -0.1) is 0 Å². The molecule has 3 aliphatic rings. The summed E-state index contributed by atoms with van der Waals surface area (Å²) in [5.74, 6) is -2.42. The minimum absolute atomic E-state index is 0.0840. The summed E-state index contributed by atoms with van der Waals surface area (Å²) in [7, 11) is 0. The Labute approximate surface area is 114 Å². The molecular formula is C12H18F2INO. The van der Waals surface area contributed by atoms with Crippen LogP contribution in [-0.4, -0.2) is 40.2 Å². The molecule has 0 bridgehead atoms. The lowest BCUT2D eigenvalue weighted by Gasteiger charge is -2.32. The second-order valence-electron chi connectivity index (χ2n) is 5.94. The normalized spacial score (nSPS) is 45.2. The Hall–Kier alpha value is 0.510. The second kappa shape index (κ2) is 3.76. The van der Waals surface area contributed by atoms with E-state index in [0.29, 0.717) is 19.6 Å². The summed E-state index contributed by atoms with van der Waals surface area (Å²) in [6, 6.07) is 0. The molecule has 2 aliphatic heterocycles. The van der Waals surface area contributed by atoms with E-state index in [1.54, 1.807) is 0 Å². The standard InChI is InChI=1S/C12H18F2INO/c1-9(15)17-8-11-3-2-4-16(11)7-10(5-11)6-12(10,13)14/h9H,2-8H2,1H3/t9?,10-,11-/m0/s1. The van der Waals surface area contributed by atoms with Gasteiger partial charge in [-0.05, 0) is 32.7 Å². The highest BCUT2D eigenvalue weighted by molar-refractivity contribution is 14.1. The van der Waals surface area contributed by atoms with Crippen molar-refractivity contribution in [3.63, 3.8) is 0 Å². The van der Waals surface area contributed by atoms with E-state index in [4.69, 9.17) is 4.74 Å². The van der Waals surface area contributed by atoms with Crippen molar-refractivity contribution in [2.45, 2.75) is 48.2 Å². The van der Waals surface area contributed by atoms with Crippen LogP contribution in [-0.2, 0) is 4.74 Å². The van der Waals surface area contributed by atoms with Crippen molar-refractivity contribution < 1.29 is 13.5 Å². The number of fused-ring (bicyclic) bond motifs is 1. The van der Waals surface area contributed by atoms with Gasteiger partial charge in [0, 0.05) is 18.5 Å². The molecule has 0 radical (unpaired) electrons. The summed E-state index contributed by atoms with van der Waals surface area (Å²) in [4.78, 5) is 2.27. The van der Waals surface area contributed by atoms with Crippen LogP contribution in [0.15, 0.2) is 0 Å². The summed E-state index contributed by atoms with van der Waals surface area (Å²) < 4.78 is 32.9. The summed E-state index contributed by atoms with van der Waals surface area (Å²) in [5, 5.41) is 0. The van der Waals surface area contributed by atoms with Crippen LogP contribution < -0.4 is 0 Å². The van der Waals surface area contributed by atoms with Crippen molar-refractivity contribution >= 4 is 22.6 Å². The fourth-order valence-electron chi connectivity index (χ4n) is 3.72. The monoisotopic (exact) mass is 357 g/mol. The van der Waals surface area contributed by atoms with Crippen LogP contribution in [0.25, 0.3) is 0 Å². The largest absolute Gasteiger partial charge is 0.366 e. The fourth-order valence-corrected chi connectivity index (χ4v) is 3.90. The van der Waals surface area contributed by atoms with Crippen molar-refractivity contribution in [2.24, 2.45) is 5.41 Å². The molecule has 2 heterocycles. The van der Waals surface area contributed by atoms with Gasteiger partial charge >= 0.3 is 0 Å². The number of nitrogens with zero attached hydrogens (tertiary/aromatic N) is 1. The highest BCUT2D eigenvalue weighted by Crippen LogP contribution is 2.69. The molecule has 1 unspecified atom stereocenters. The van der Waals surface area contributed by atoms with Crippen LogP contribution in [0.3, 0.4) is 0 Å². The van der Waals surface area contributed by atoms with Gasteiger partial charge in [-0.25, -0.2) is 8.78 Å². The van der Waals surface area contributed by atoms with Gasteiger partial charge in [-0.1, -0.05) is 22.6 Å². The quantitative estimate of drug-likeness (QED) is 0.569. The minimum atomic E-state index is -2.42. The van der Waals surface area contributed by atoms with E-state index < -0.39 is 11.3 Å². The molecule has 2 nitrogen and oxygen atoms in total. The Morgan fingerprint density at radius 2 is 2.12 bits per heavy atom. The van der Waals surface area contributed by atoms with Crippen molar-refractivity contribution in [3.8, 4) is 0 Å². The van der Waals surface area contributed by atoms with Gasteiger partial charge in [0.1, 0.15) is 4.11 Å². The second-order valence-corrected chi connectivity index (χ2v) is 7.70. The SMILES string of the molecule is CC(I)OC[C@@]12CCCN1C[C@@]1(CC1(F)F)C2. The van der Waals surface area contributed by atoms with Gasteiger partial charge in [0.25, 0.3) is 5.92 Å². The maximum atomic E-state index is 13.5. The van der Waals surface area contributed by atoms with Crippen LogP contribution >= 0.6 is 22.6 Å². The number of hydrogen-bond donors (Lipinski definition) is 0. The third-order valence-corrected chi connectivity index (χ3v) is 5.05. The van der Waals surface area contributed by atoms with E-state index in [2.05, 4.69) is 27.5 Å². The van der Waals surface area contributed by atoms with Gasteiger partial charge in [0.2, 0.25) is 0 Å². The molecule has 1 spiro atoms. The molecule has 2 saturated heterocycles. The smallest absolute Gasteiger partial charge is 0.255 e. The van der Waals surface area contributed by atoms with Crippen LogP contribution in [0.5, 0.6) is 0 Å². The Morgan fingerprint density at radius 1 is 1.41 bits per heavy atom. The lowest BCUT2D eigenvalue weighted by Crippen LogP contribution is -2.42. The average Bonchev–Trinajstić information content (AvgIpc) is 2.55. The van der Waals surface area contributed by atoms with Crippen molar-refractivity contribution in [1.82, 2.24) is 4.90 Å². The van der Waals surface area contributed by atoms with E-state index in [9.17, 15) is 8.78 Å². The summed E-state index contributed by atoms with van der Waals surface area (Å²) in [5.41, 5.74) is -0.787. The Morgan fingerprint density at radius 3 is 2.71 bits per heavy atom. The maximum Gasteiger partial charge on any atom is 0.255 e. The number of hydrogen-bond acceptors (Lipinski definition) is 2. The predicted octanol–water partition coefficient (Wildman–Crippen LogP) is 3.05. The third kappa shape index (κ3) is 1.84. The molecule has 3 atom stereocenters. The molecule has 3 rings (SSSR count). The summed E-state index contributed by atoms with van der Waals surface area (Å²) in [6.45, 7) is 4.16. The summed E-state index contributed by atoms with van der Waals surface area (Å²) >= 11 is 2.22. The molecule has 5 heteroatoms. The topological polar surface area (TPSA) is 12.5 Å². The predicted molar refractivity (Wildman–Crippen MR) is 69.6 cm³/mol. The number of alkyl halides is 3. The first-order valence-electron chi connectivity index (χ1n) is 6.28. The molecule has 98 valence electrons. The minimum Gasteiger partial charge on any atom is -0.366 e. The average molecular weight is 357 g/mol. The molecular weight excluding hydrogens is 339 g/mol. The third-order valence-electron chi connectivity index (χ3n) is 4.69. The molecule has 1 aliphatic carbocycles. The van der Waals surface area contributed by atoms with Crippen LogP contribution in [0.1, 0.15) is 32.6 Å². The molecule has 1 saturated carbocycles. The van der Waals surface area contributed by atoms with Gasteiger partial charge < -0.3 is 4.74 Å². The van der Waals surface area contributed by atoms with Gasteiger partial charge in [0.15, 0.2) is 0 Å². The van der Waals surface area contributed by atoms with Gasteiger partial charge in [-0.2, -0.15) is 0 Å². The van der Waals surface area contributed by atoms with Gasteiger partial charge in [-0.3, -0.25) is 4.90 Å². The van der Waals surface area contributed by atoms with E-state index in [-0.39, 0.29) is 16.1 Å². The van der Waals surface area contributed by atoms with Crippen LogP contribution in [0, 0.1) is 5.41 Å². The lowest BCUT2D eigenvalue weighted by atomic mass is 9.89. The molecule has 0 aromatic rings. The van der Waals surface area contributed by atoms with Crippen molar-refractivity contribution in [1.29, 1.82) is 0 Å². The van der Waals surface area contributed by atoms with E-state index >= 15 is 0 Å². The highest BCUT2D eigenvalue weighted by Gasteiger charge is 2.77. The zero-order valence-corrected chi connectivity index (χ0v) is 12.2. The number of ether oxygens (including phenoxy) is 1. The summed E-state index contributed by atoms with van der Waals surface area (Å²) in [6.07, 6.45) is 2.88. The van der Waals surface area contributed by atoms with E-state index in [0.717, 1.165) is 19.4 Å². The van der Waals surface area contributed by atoms with E-state index in [1.807, 2.05) is 6.92 Å². The first-order valence-corrected chi connectivity index (χ1v) is 7.52. The Balaban J connectivity index is 1.74. The van der Waals surface area contributed by atoms with E-state index in [1.165, 1.54) is 0 Å². The number of halogens is 3. The molecule has 17 heavy (non-hydrogen) atoms.